The number of carbonyl (C=O) groups is 2. The van der Waals surface area contributed by atoms with Crippen LogP contribution in [0, 0.1) is 17.2 Å². The number of imide groups is 1. The zero-order valence-corrected chi connectivity index (χ0v) is 15.3. The molecule has 2 fully saturated rings. The summed E-state index contributed by atoms with van der Waals surface area (Å²) >= 11 is 0. The van der Waals surface area contributed by atoms with E-state index in [1.165, 1.54) is 0 Å². The molecule has 7 heteroatoms. The van der Waals surface area contributed by atoms with Gasteiger partial charge in [0.1, 0.15) is 6.61 Å². The number of nitriles is 1. The second kappa shape index (κ2) is 7.33. The third kappa shape index (κ3) is 3.08. The molecule has 0 radical (unpaired) electrons. The molecule has 0 aromatic heterocycles. The van der Waals surface area contributed by atoms with Gasteiger partial charge in [0, 0.05) is 0 Å². The smallest absolute Gasteiger partial charge is 0.416 e. The highest BCUT2D eigenvalue weighted by atomic mass is 16.7. The number of benzene rings is 2. The molecule has 4 rings (SSSR count). The molecule has 0 unspecified atom stereocenters. The molecule has 2 saturated heterocycles. The van der Waals surface area contributed by atoms with Crippen LogP contribution in [0.1, 0.15) is 24.1 Å². The summed E-state index contributed by atoms with van der Waals surface area (Å²) in [7, 11) is 0. The zero-order valence-electron chi connectivity index (χ0n) is 15.3. The standard InChI is InChI=1S/C21H19N3O4/c1-14-18(20(25)23-11-12-27-21(23)26)19(16-9-7-15(13-22)8-10-16)24(28-14)17-5-3-2-4-6-17/h2-10,14,18-19H,11-12H2,1H3/t14-,18-,19+/m0/s1. The van der Waals surface area contributed by atoms with Gasteiger partial charge in [-0.05, 0) is 36.8 Å². The Balaban J connectivity index is 1.75. The number of nitrogens with zero attached hydrogens (tertiary/aromatic N) is 3. The summed E-state index contributed by atoms with van der Waals surface area (Å²) in [5, 5.41) is 10.8. The van der Waals surface area contributed by atoms with Crippen molar-refractivity contribution in [3.05, 3.63) is 65.7 Å². The summed E-state index contributed by atoms with van der Waals surface area (Å²) in [6.07, 6.45) is -1.06. The molecular formula is C21H19N3O4. The van der Waals surface area contributed by atoms with Crippen molar-refractivity contribution in [3.63, 3.8) is 0 Å². The molecule has 0 spiro atoms. The van der Waals surface area contributed by atoms with Crippen LogP contribution in [0.2, 0.25) is 0 Å². The summed E-state index contributed by atoms with van der Waals surface area (Å²) < 4.78 is 4.94. The first-order chi connectivity index (χ1) is 13.6. The van der Waals surface area contributed by atoms with Gasteiger partial charge in [0.25, 0.3) is 0 Å². The number of para-hydroxylation sites is 1. The second-order valence-electron chi connectivity index (χ2n) is 6.78. The first kappa shape index (κ1) is 18.0. The average Bonchev–Trinajstić information content (AvgIpc) is 3.31. The van der Waals surface area contributed by atoms with Crippen LogP contribution in [-0.4, -0.2) is 36.2 Å². The third-order valence-electron chi connectivity index (χ3n) is 5.08. The summed E-state index contributed by atoms with van der Waals surface area (Å²) in [4.78, 5) is 32.4. The SMILES string of the molecule is C[C@@H]1ON(c2ccccc2)[C@H](c2ccc(C#N)cc2)[C@H]1C(=O)N1CCOC1=O. The molecule has 142 valence electrons. The predicted molar refractivity (Wildman–Crippen MR) is 99.9 cm³/mol. The van der Waals surface area contributed by atoms with Crippen molar-refractivity contribution >= 4 is 17.7 Å². The number of hydroxylamine groups is 1. The number of amides is 2. The molecule has 2 heterocycles. The van der Waals surface area contributed by atoms with Gasteiger partial charge in [-0.2, -0.15) is 5.26 Å². The Morgan fingerprint density at radius 1 is 1.14 bits per heavy atom. The number of hydrogen-bond donors (Lipinski definition) is 0. The highest BCUT2D eigenvalue weighted by Gasteiger charge is 2.49. The Labute approximate surface area is 162 Å². The number of anilines is 1. The second-order valence-corrected chi connectivity index (χ2v) is 6.78. The Kier molecular flexibility index (Phi) is 4.72. The van der Waals surface area contributed by atoms with Gasteiger partial charge in [-0.25, -0.2) is 14.8 Å². The van der Waals surface area contributed by atoms with Crippen molar-refractivity contribution in [2.24, 2.45) is 5.92 Å². The normalized spacial score (nSPS) is 24.1. The minimum absolute atomic E-state index is 0.205. The molecule has 0 N–H and O–H groups in total. The van der Waals surface area contributed by atoms with Gasteiger partial charge in [-0.15, -0.1) is 0 Å². The van der Waals surface area contributed by atoms with Gasteiger partial charge in [-0.1, -0.05) is 30.3 Å². The summed E-state index contributed by atoms with van der Waals surface area (Å²) in [5.74, 6) is -0.915. The number of cyclic esters (lactones) is 1. The van der Waals surface area contributed by atoms with Gasteiger partial charge in [-0.3, -0.25) is 9.63 Å². The lowest BCUT2D eigenvalue weighted by atomic mass is 9.88. The lowest BCUT2D eigenvalue weighted by Crippen LogP contribution is -2.41. The maximum absolute atomic E-state index is 13.2. The van der Waals surface area contributed by atoms with Crippen LogP contribution >= 0.6 is 0 Å². The molecule has 2 aromatic rings. The molecular weight excluding hydrogens is 358 g/mol. The maximum Gasteiger partial charge on any atom is 0.416 e. The number of carbonyl (C=O) groups excluding carboxylic acids is 2. The van der Waals surface area contributed by atoms with E-state index in [4.69, 9.17) is 14.8 Å². The molecule has 2 aliphatic rings. The monoisotopic (exact) mass is 377 g/mol. The molecule has 2 amide bonds. The summed E-state index contributed by atoms with van der Waals surface area (Å²) in [5.41, 5.74) is 2.18. The number of ether oxygens (including phenoxy) is 1. The average molecular weight is 377 g/mol. The fourth-order valence-corrected chi connectivity index (χ4v) is 3.72. The lowest BCUT2D eigenvalue weighted by Gasteiger charge is -2.28. The van der Waals surface area contributed by atoms with E-state index in [1.54, 1.807) is 17.2 Å². The van der Waals surface area contributed by atoms with Crippen molar-refractivity contribution in [2.45, 2.75) is 19.1 Å². The Morgan fingerprint density at radius 3 is 2.46 bits per heavy atom. The van der Waals surface area contributed by atoms with E-state index >= 15 is 0 Å². The van der Waals surface area contributed by atoms with E-state index in [0.29, 0.717) is 5.56 Å². The molecule has 7 nitrogen and oxygen atoms in total. The topological polar surface area (TPSA) is 82.9 Å². The van der Waals surface area contributed by atoms with Crippen LogP contribution in [0.25, 0.3) is 0 Å². The van der Waals surface area contributed by atoms with Gasteiger partial charge < -0.3 is 4.74 Å². The minimum Gasteiger partial charge on any atom is -0.447 e. The molecule has 0 aliphatic carbocycles. The van der Waals surface area contributed by atoms with Gasteiger partial charge in [0.2, 0.25) is 5.91 Å². The first-order valence-electron chi connectivity index (χ1n) is 9.09. The van der Waals surface area contributed by atoms with Crippen molar-refractivity contribution in [1.82, 2.24) is 4.90 Å². The van der Waals surface area contributed by atoms with Crippen LogP contribution in [0.5, 0.6) is 0 Å². The van der Waals surface area contributed by atoms with Crippen molar-refractivity contribution in [2.75, 3.05) is 18.2 Å². The highest BCUT2D eigenvalue weighted by molar-refractivity contribution is 5.95. The van der Waals surface area contributed by atoms with Crippen molar-refractivity contribution in [3.8, 4) is 6.07 Å². The van der Waals surface area contributed by atoms with E-state index in [2.05, 4.69) is 6.07 Å². The van der Waals surface area contributed by atoms with E-state index in [0.717, 1.165) is 16.2 Å². The van der Waals surface area contributed by atoms with E-state index < -0.39 is 24.2 Å². The van der Waals surface area contributed by atoms with Crippen LogP contribution in [0.4, 0.5) is 10.5 Å². The van der Waals surface area contributed by atoms with Crippen molar-refractivity contribution in [1.29, 1.82) is 5.26 Å². The molecule has 2 aromatic carbocycles. The fourth-order valence-electron chi connectivity index (χ4n) is 3.72. The minimum atomic E-state index is -0.617. The van der Waals surface area contributed by atoms with E-state index in [-0.39, 0.29) is 19.1 Å². The summed E-state index contributed by atoms with van der Waals surface area (Å²) in [6.45, 7) is 2.27. The summed E-state index contributed by atoms with van der Waals surface area (Å²) in [6, 6.07) is 18.2. The quantitative estimate of drug-likeness (QED) is 0.818. The maximum atomic E-state index is 13.2. The van der Waals surface area contributed by atoms with Crippen LogP contribution in [0.3, 0.4) is 0 Å². The Bertz CT molecular complexity index is 923. The molecule has 0 saturated carbocycles. The van der Waals surface area contributed by atoms with Gasteiger partial charge >= 0.3 is 6.09 Å². The predicted octanol–water partition coefficient (Wildman–Crippen LogP) is 3.03. The largest absolute Gasteiger partial charge is 0.447 e. The van der Waals surface area contributed by atoms with Crippen LogP contribution in [0.15, 0.2) is 54.6 Å². The lowest BCUT2D eigenvalue weighted by molar-refractivity contribution is -0.133. The van der Waals surface area contributed by atoms with Crippen molar-refractivity contribution < 1.29 is 19.2 Å². The Morgan fingerprint density at radius 2 is 1.86 bits per heavy atom. The zero-order chi connectivity index (χ0) is 19.7. The first-order valence-corrected chi connectivity index (χ1v) is 9.09. The fraction of sp³-hybridized carbons (Fsp3) is 0.286. The highest BCUT2D eigenvalue weighted by Crippen LogP contribution is 2.43. The van der Waals surface area contributed by atoms with Crippen LogP contribution < -0.4 is 5.06 Å². The van der Waals surface area contributed by atoms with Gasteiger partial charge in [0.05, 0.1) is 41.9 Å². The third-order valence-corrected chi connectivity index (χ3v) is 5.08. The molecule has 28 heavy (non-hydrogen) atoms. The number of hydrogen-bond acceptors (Lipinski definition) is 6. The van der Waals surface area contributed by atoms with Crippen LogP contribution in [-0.2, 0) is 14.4 Å². The number of rotatable bonds is 3. The molecule has 2 aliphatic heterocycles. The van der Waals surface area contributed by atoms with Gasteiger partial charge in [0.15, 0.2) is 0 Å². The molecule has 0 bridgehead atoms. The van der Waals surface area contributed by atoms with E-state index in [9.17, 15) is 9.59 Å². The molecule has 3 atom stereocenters. The van der Waals surface area contributed by atoms with E-state index in [1.807, 2.05) is 49.4 Å². The Hall–Kier alpha value is -3.37.